The molecule has 0 aliphatic carbocycles. The van der Waals surface area contributed by atoms with Gasteiger partial charge >= 0.3 is 0 Å². The molecule has 1 aromatic rings. The van der Waals surface area contributed by atoms with Gasteiger partial charge in [-0.2, -0.15) is 4.31 Å². The monoisotopic (exact) mass is 370 g/mol. The van der Waals surface area contributed by atoms with E-state index in [1.165, 1.54) is 0 Å². The lowest BCUT2D eigenvalue weighted by atomic mass is 10.1. The summed E-state index contributed by atoms with van der Waals surface area (Å²) in [4.78, 5) is 0.0436. The Kier molecular flexibility index (Phi) is 5.45. The zero-order chi connectivity index (χ0) is 14.3. The second-order valence-corrected chi connectivity index (χ2v) is 7.86. The number of hydrogen-bond donors (Lipinski definition) is 1. The maximum Gasteiger partial charge on any atom is 0.246 e. The van der Waals surface area contributed by atoms with Gasteiger partial charge in [-0.05, 0) is 37.9 Å². The van der Waals surface area contributed by atoms with Gasteiger partial charge in [0.15, 0.2) is 0 Å². The lowest BCUT2D eigenvalue weighted by Gasteiger charge is -2.27. The van der Waals surface area contributed by atoms with E-state index in [2.05, 4.69) is 5.32 Å². The van der Waals surface area contributed by atoms with Crippen LogP contribution in [-0.2, 0) is 10.0 Å². The number of sulfonamides is 1. The van der Waals surface area contributed by atoms with Crippen molar-refractivity contribution in [2.75, 3.05) is 13.1 Å². The number of nitrogens with zero attached hydrogens (tertiary/aromatic N) is 1. The summed E-state index contributed by atoms with van der Waals surface area (Å²) < 4.78 is 27.6. The van der Waals surface area contributed by atoms with Crippen LogP contribution >= 0.6 is 35.6 Å². The second-order valence-electron chi connectivity index (χ2n) is 5.26. The lowest BCUT2D eigenvalue weighted by molar-refractivity contribution is 0.334. The smallest absolute Gasteiger partial charge is 0.246 e. The van der Waals surface area contributed by atoms with Gasteiger partial charge in [0.1, 0.15) is 4.90 Å². The third-order valence-corrected chi connectivity index (χ3v) is 7.00. The van der Waals surface area contributed by atoms with Crippen molar-refractivity contribution < 1.29 is 8.42 Å². The van der Waals surface area contributed by atoms with Gasteiger partial charge in [0, 0.05) is 18.6 Å². The minimum Gasteiger partial charge on any atom is -0.315 e. The number of fused-ring (bicyclic) bond motifs is 2. The molecule has 8 heteroatoms. The fourth-order valence-corrected chi connectivity index (χ4v) is 6.16. The van der Waals surface area contributed by atoms with Crippen molar-refractivity contribution in [1.82, 2.24) is 9.62 Å². The van der Waals surface area contributed by atoms with E-state index in [9.17, 15) is 8.42 Å². The molecule has 0 saturated carbocycles. The van der Waals surface area contributed by atoms with E-state index < -0.39 is 10.0 Å². The van der Waals surface area contributed by atoms with Crippen LogP contribution < -0.4 is 5.32 Å². The molecule has 3 rings (SSSR count). The molecule has 2 aliphatic rings. The summed E-state index contributed by atoms with van der Waals surface area (Å²) in [6.07, 6.45) is 2.63. The van der Waals surface area contributed by atoms with Crippen molar-refractivity contribution in [3.63, 3.8) is 0 Å². The average Bonchev–Trinajstić information content (AvgIpc) is 2.63. The lowest BCUT2D eigenvalue weighted by Crippen LogP contribution is -2.42. The highest BCUT2D eigenvalue weighted by Gasteiger charge is 2.44. The molecule has 0 amide bonds. The van der Waals surface area contributed by atoms with Gasteiger partial charge in [-0.1, -0.05) is 29.3 Å². The normalized spacial score (nSPS) is 26.2. The molecule has 0 aromatic heterocycles. The van der Waals surface area contributed by atoms with Crippen molar-refractivity contribution in [2.24, 2.45) is 0 Å². The minimum absolute atomic E-state index is 0. The Morgan fingerprint density at radius 2 is 1.71 bits per heavy atom. The molecule has 2 saturated heterocycles. The van der Waals surface area contributed by atoms with Crippen LogP contribution in [0.1, 0.15) is 19.3 Å². The summed E-state index contributed by atoms with van der Waals surface area (Å²) in [5.41, 5.74) is 0. The Morgan fingerprint density at radius 1 is 1.10 bits per heavy atom. The summed E-state index contributed by atoms with van der Waals surface area (Å²) >= 11 is 12.2. The van der Waals surface area contributed by atoms with E-state index in [-0.39, 0.29) is 39.4 Å². The zero-order valence-electron chi connectivity index (χ0n) is 11.3. The minimum atomic E-state index is -3.65. The number of nitrogens with one attached hydrogen (secondary N) is 1. The van der Waals surface area contributed by atoms with Crippen LogP contribution in [0.25, 0.3) is 0 Å². The number of benzene rings is 1. The Balaban J connectivity index is 0.00000161. The van der Waals surface area contributed by atoms with E-state index in [0.29, 0.717) is 6.54 Å². The van der Waals surface area contributed by atoms with Crippen molar-refractivity contribution in [2.45, 2.75) is 36.2 Å². The molecule has 0 radical (unpaired) electrons. The summed E-state index contributed by atoms with van der Waals surface area (Å²) in [5.74, 6) is 0. The van der Waals surface area contributed by atoms with Crippen molar-refractivity contribution in [3.8, 4) is 0 Å². The molecule has 118 valence electrons. The SMILES string of the molecule is Cl.O=S(=O)(c1c(Cl)cccc1Cl)N1C2CCNCC1CC2. The van der Waals surface area contributed by atoms with Crippen LogP contribution in [0.5, 0.6) is 0 Å². The fourth-order valence-electron chi connectivity index (χ4n) is 3.17. The average molecular weight is 372 g/mol. The van der Waals surface area contributed by atoms with Crippen molar-refractivity contribution in [3.05, 3.63) is 28.2 Å². The molecule has 4 nitrogen and oxygen atoms in total. The highest BCUT2D eigenvalue weighted by Crippen LogP contribution is 2.38. The Morgan fingerprint density at radius 3 is 2.38 bits per heavy atom. The first-order chi connectivity index (χ1) is 9.51. The molecule has 1 aromatic carbocycles. The maximum atomic E-state index is 13.0. The van der Waals surface area contributed by atoms with E-state index in [1.807, 2.05) is 0 Å². The number of hydrogen-bond acceptors (Lipinski definition) is 3. The van der Waals surface area contributed by atoms with Gasteiger partial charge in [-0.15, -0.1) is 12.4 Å². The molecule has 21 heavy (non-hydrogen) atoms. The molecule has 0 spiro atoms. The van der Waals surface area contributed by atoms with Gasteiger partial charge < -0.3 is 5.32 Å². The van der Waals surface area contributed by atoms with Crippen LogP contribution in [0.2, 0.25) is 10.0 Å². The van der Waals surface area contributed by atoms with Gasteiger partial charge in [0.2, 0.25) is 10.0 Å². The van der Waals surface area contributed by atoms with E-state index in [1.54, 1.807) is 22.5 Å². The molecule has 2 unspecified atom stereocenters. The molecule has 2 aliphatic heterocycles. The van der Waals surface area contributed by atoms with Crippen LogP contribution in [0.15, 0.2) is 23.1 Å². The van der Waals surface area contributed by atoms with E-state index >= 15 is 0 Å². The predicted molar refractivity (Wildman–Crippen MR) is 87.0 cm³/mol. The van der Waals surface area contributed by atoms with Crippen LogP contribution in [-0.4, -0.2) is 37.9 Å². The Hall–Kier alpha value is -0.0400. The van der Waals surface area contributed by atoms with Crippen LogP contribution in [0.4, 0.5) is 0 Å². The first-order valence-electron chi connectivity index (χ1n) is 6.70. The molecule has 2 fully saturated rings. The third-order valence-electron chi connectivity index (χ3n) is 4.04. The van der Waals surface area contributed by atoms with Gasteiger partial charge in [-0.25, -0.2) is 8.42 Å². The molecule has 2 bridgehead atoms. The summed E-state index contributed by atoms with van der Waals surface area (Å²) in [7, 11) is -3.65. The first-order valence-corrected chi connectivity index (χ1v) is 8.89. The quantitative estimate of drug-likeness (QED) is 0.869. The molecule has 2 atom stereocenters. The standard InChI is InChI=1S/C13H16Cl2N2O2S.ClH/c14-11-2-1-3-12(15)13(11)20(18,19)17-9-4-5-10(17)8-16-7-6-9;/h1-3,9-10,16H,4-8H2;1H. The van der Waals surface area contributed by atoms with Gasteiger partial charge in [0.25, 0.3) is 0 Å². The summed E-state index contributed by atoms with van der Waals surface area (Å²) in [5, 5.41) is 3.67. The highest BCUT2D eigenvalue weighted by atomic mass is 35.5. The van der Waals surface area contributed by atoms with E-state index in [0.717, 1.165) is 25.8 Å². The topological polar surface area (TPSA) is 49.4 Å². The molecular weight excluding hydrogens is 355 g/mol. The maximum absolute atomic E-state index is 13.0. The largest absolute Gasteiger partial charge is 0.315 e. The molecular formula is C13H17Cl3N2O2S. The fraction of sp³-hybridized carbons (Fsp3) is 0.538. The predicted octanol–water partition coefficient (Wildman–Crippen LogP) is 2.93. The number of halogens is 3. The van der Waals surface area contributed by atoms with Crippen LogP contribution in [0, 0.1) is 0 Å². The summed E-state index contributed by atoms with van der Waals surface area (Å²) in [6, 6.07) is 4.84. The van der Waals surface area contributed by atoms with Gasteiger partial charge in [0.05, 0.1) is 10.0 Å². The first kappa shape index (κ1) is 17.3. The number of rotatable bonds is 2. The van der Waals surface area contributed by atoms with Crippen LogP contribution in [0.3, 0.4) is 0 Å². The summed E-state index contributed by atoms with van der Waals surface area (Å²) in [6.45, 7) is 1.54. The van der Waals surface area contributed by atoms with E-state index in [4.69, 9.17) is 23.2 Å². The van der Waals surface area contributed by atoms with Crippen molar-refractivity contribution in [1.29, 1.82) is 0 Å². The Bertz CT molecular complexity index is 590. The Labute approximate surface area is 141 Å². The second kappa shape index (κ2) is 6.60. The van der Waals surface area contributed by atoms with Crippen molar-refractivity contribution >= 4 is 45.6 Å². The molecule has 1 N–H and O–H groups in total. The highest BCUT2D eigenvalue weighted by molar-refractivity contribution is 7.89. The zero-order valence-corrected chi connectivity index (χ0v) is 14.4. The van der Waals surface area contributed by atoms with Gasteiger partial charge in [-0.3, -0.25) is 0 Å². The third kappa shape index (κ3) is 3.05. The molecule has 2 heterocycles.